The summed E-state index contributed by atoms with van der Waals surface area (Å²) in [4.78, 5) is 0. The van der Waals surface area contributed by atoms with Crippen molar-refractivity contribution in [2.45, 2.75) is 0 Å². The van der Waals surface area contributed by atoms with Crippen LogP contribution in [0.2, 0.25) is 0 Å². The van der Waals surface area contributed by atoms with Crippen LogP contribution in [0, 0.1) is 0 Å². The monoisotopic (exact) mass is 89.0 g/mol. The van der Waals surface area contributed by atoms with E-state index in [2.05, 4.69) is 0 Å². The summed E-state index contributed by atoms with van der Waals surface area (Å²) in [7, 11) is 0.783. The molecule has 0 aliphatic heterocycles. The zero-order chi connectivity index (χ0) is 4.12. The zero-order valence-corrected chi connectivity index (χ0v) is 4.23. The first-order valence-electron chi connectivity index (χ1n) is 1.51. The Morgan fingerprint density at radius 2 is 2.60 bits per heavy atom. The van der Waals surface area contributed by atoms with E-state index in [1.54, 1.807) is 0 Å². The van der Waals surface area contributed by atoms with Crippen molar-refractivity contribution in [3.8, 4) is 0 Å². The molecule has 0 aromatic heterocycles. The topological polar surface area (TPSA) is 20.2 Å². The van der Waals surface area contributed by atoms with Gasteiger partial charge in [-0.1, -0.05) is 6.66 Å². The molecule has 1 N–H and O–H groups in total. The van der Waals surface area contributed by atoms with Crippen LogP contribution >= 0.6 is 8.46 Å². The first kappa shape index (κ1) is 5.45. The molecule has 0 saturated carbocycles. The van der Waals surface area contributed by atoms with Crippen LogP contribution in [0.3, 0.4) is 0 Å². The third-order valence-electron chi connectivity index (χ3n) is 0.295. The average Bonchev–Trinajstić information content (AvgIpc) is 1.41. The van der Waals surface area contributed by atoms with E-state index < -0.39 is 0 Å². The largest absolute Gasteiger partial charge is 0.405 e. The van der Waals surface area contributed by atoms with Crippen molar-refractivity contribution < 1.29 is 5.11 Å². The maximum Gasteiger partial charge on any atom is 0.175 e. The molecule has 29 valence electrons. The number of rotatable bonds is 2. The molecule has 0 aliphatic rings. The van der Waals surface area contributed by atoms with Gasteiger partial charge in [-0.25, -0.2) is 0 Å². The normalized spacial score (nSPS) is 10.0. The molecule has 0 heterocycles. The van der Waals surface area contributed by atoms with Crippen molar-refractivity contribution in [3.05, 3.63) is 0 Å². The highest BCUT2D eigenvalue weighted by atomic mass is 31.1. The van der Waals surface area contributed by atoms with E-state index in [-0.39, 0.29) is 6.51 Å². The van der Waals surface area contributed by atoms with Gasteiger partial charge in [-0.05, 0) is 0 Å². The van der Waals surface area contributed by atoms with Gasteiger partial charge in [0.25, 0.3) is 0 Å². The predicted octanol–water partition coefficient (Wildman–Crippen LogP) is -0.136. The van der Waals surface area contributed by atoms with Crippen molar-refractivity contribution in [1.82, 2.24) is 0 Å². The second-order valence-electron chi connectivity index (χ2n) is 0.675. The van der Waals surface area contributed by atoms with E-state index >= 15 is 0 Å². The lowest BCUT2D eigenvalue weighted by molar-refractivity contribution is 0.368. The van der Waals surface area contributed by atoms with Gasteiger partial charge in [0.1, 0.15) is 0 Å². The van der Waals surface area contributed by atoms with Crippen LogP contribution in [-0.2, 0) is 0 Å². The summed E-state index contributed by atoms with van der Waals surface area (Å²) >= 11 is 0. The van der Waals surface area contributed by atoms with Crippen LogP contribution in [0.5, 0.6) is 0 Å². The minimum Gasteiger partial charge on any atom is -0.405 e. The Kier molecular flexibility index (Phi) is 4.86. The molecule has 1 atom stereocenters. The molecule has 0 aliphatic carbocycles. The van der Waals surface area contributed by atoms with Crippen molar-refractivity contribution in [2.75, 3.05) is 13.2 Å². The third-order valence-corrected chi connectivity index (χ3v) is 0.886. The van der Waals surface area contributed by atoms with E-state index in [1.807, 2.05) is 13.7 Å². The molecule has 0 bridgehead atoms. The molecule has 0 rings (SSSR count). The molecule has 3 heteroatoms. The fourth-order valence-electron chi connectivity index (χ4n) is 0.0913. The van der Waals surface area contributed by atoms with E-state index in [1.165, 1.54) is 0 Å². The van der Waals surface area contributed by atoms with Crippen LogP contribution in [0.4, 0.5) is 0 Å². The van der Waals surface area contributed by atoms with Crippen molar-refractivity contribution in [1.29, 1.82) is 0 Å². The Morgan fingerprint density at radius 3 is 2.60 bits per heavy atom. The molecular formula is C2H7BOP. The summed E-state index contributed by atoms with van der Waals surface area (Å²) in [6.45, 7) is 4.09. The average molecular weight is 88.9 g/mol. The summed E-state index contributed by atoms with van der Waals surface area (Å²) in [5.74, 6) is 0. The molecule has 1 nitrogen and oxygen atoms in total. The summed E-state index contributed by atoms with van der Waals surface area (Å²) in [5, 5.41) is 8.02. The molecule has 0 saturated heterocycles. The molecule has 0 amide bonds. The highest BCUT2D eigenvalue weighted by molar-refractivity contribution is 7.70. The number of hydrogen-bond acceptors (Lipinski definition) is 1. The van der Waals surface area contributed by atoms with Gasteiger partial charge >= 0.3 is 0 Å². The van der Waals surface area contributed by atoms with Gasteiger partial charge in [0.05, 0.1) is 0 Å². The number of hydrogen-bond donors (Lipinski definition) is 1. The first-order chi connectivity index (χ1) is 2.41. The molecule has 1 unspecified atom stereocenters. The molecule has 0 spiro atoms. The molecule has 0 aromatic rings. The summed E-state index contributed by atoms with van der Waals surface area (Å²) in [5.41, 5.74) is 0. The van der Waals surface area contributed by atoms with Crippen LogP contribution in [0.25, 0.3) is 0 Å². The summed E-state index contributed by atoms with van der Waals surface area (Å²) < 4.78 is 0. The van der Waals surface area contributed by atoms with Crippen molar-refractivity contribution in [3.63, 3.8) is 0 Å². The Morgan fingerprint density at radius 1 is 2.00 bits per heavy atom. The number of aliphatic hydroxyl groups is 1. The van der Waals surface area contributed by atoms with Gasteiger partial charge in [0.2, 0.25) is 0 Å². The smallest absolute Gasteiger partial charge is 0.175 e. The van der Waals surface area contributed by atoms with Crippen LogP contribution in [0.1, 0.15) is 0 Å². The van der Waals surface area contributed by atoms with E-state index in [0.29, 0.717) is 0 Å². The summed E-state index contributed by atoms with van der Waals surface area (Å²) in [6, 6.07) is 0. The van der Waals surface area contributed by atoms with Gasteiger partial charge in [-0.2, -0.15) is 8.46 Å². The van der Waals surface area contributed by atoms with Gasteiger partial charge in [0, 0.05) is 6.51 Å². The maximum absolute atomic E-state index is 8.02. The minimum absolute atomic E-state index is 0.231. The second-order valence-corrected chi connectivity index (χ2v) is 1.66. The highest BCUT2D eigenvalue weighted by Gasteiger charge is 1.73. The SMILES string of the molecule is CP[B]CO. The van der Waals surface area contributed by atoms with Gasteiger partial charge in [0.15, 0.2) is 7.00 Å². The van der Waals surface area contributed by atoms with Gasteiger partial charge in [-0.15, -0.1) is 0 Å². The zero-order valence-electron chi connectivity index (χ0n) is 3.23. The second kappa shape index (κ2) is 4.45. The number of aliphatic hydroxyl groups excluding tert-OH is 1. The lowest BCUT2D eigenvalue weighted by Crippen LogP contribution is -1.85. The van der Waals surface area contributed by atoms with E-state index in [0.717, 1.165) is 8.46 Å². The highest BCUT2D eigenvalue weighted by Crippen LogP contribution is 1.92. The quantitative estimate of drug-likeness (QED) is 0.368. The Hall–Kier alpha value is 0.455. The fraction of sp³-hybridized carbons (Fsp3) is 1.00. The van der Waals surface area contributed by atoms with Crippen LogP contribution < -0.4 is 0 Å². The summed E-state index contributed by atoms with van der Waals surface area (Å²) in [6.07, 6.45) is 0. The fourth-order valence-corrected chi connectivity index (χ4v) is 0.274. The molecular weight excluding hydrogens is 81.8 g/mol. The third kappa shape index (κ3) is 4.45. The van der Waals surface area contributed by atoms with Crippen LogP contribution in [0.15, 0.2) is 0 Å². The molecule has 0 fully saturated rings. The Balaban J connectivity index is 2.19. The predicted molar refractivity (Wildman–Crippen MR) is 27.1 cm³/mol. The Labute approximate surface area is 34.8 Å². The van der Waals surface area contributed by atoms with Crippen molar-refractivity contribution >= 4 is 15.5 Å². The van der Waals surface area contributed by atoms with Gasteiger partial charge in [-0.3, -0.25) is 0 Å². The minimum atomic E-state index is 0.231. The van der Waals surface area contributed by atoms with Crippen LogP contribution in [-0.4, -0.2) is 25.3 Å². The van der Waals surface area contributed by atoms with E-state index in [4.69, 9.17) is 5.11 Å². The molecule has 5 heavy (non-hydrogen) atoms. The van der Waals surface area contributed by atoms with Crippen molar-refractivity contribution in [2.24, 2.45) is 0 Å². The maximum atomic E-state index is 8.02. The lowest BCUT2D eigenvalue weighted by Gasteiger charge is -1.76. The standard InChI is InChI=1S/C2H7BOP/c1-5-3-2-4/h4-5H,2H2,1H3. The molecule has 0 aromatic carbocycles. The van der Waals surface area contributed by atoms with E-state index in [9.17, 15) is 0 Å². The first-order valence-corrected chi connectivity index (χ1v) is 3.09. The van der Waals surface area contributed by atoms with Gasteiger partial charge < -0.3 is 5.11 Å². The Bertz CT molecular complexity index is 17.1. The molecule has 1 radical (unpaired) electrons. The lowest BCUT2D eigenvalue weighted by atomic mass is 10.2.